The number of rotatable bonds is 7. The van der Waals surface area contributed by atoms with Gasteiger partial charge in [0.2, 0.25) is 0 Å². The van der Waals surface area contributed by atoms with Crippen molar-refractivity contribution in [2.24, 2.45) is 0 Å². The molecule has 22 heavy (non-hydrogen) atoms. The Bertz CT molecular complexity index is 627. The first-order valence-electron chi connectivity index (χ1n) is 6.41. The molecule has 1 aromatic rings. The van der Waals surface area contributed by atoms with Gasteiger partial charge in [0.25, 0.3) is 10.1 Å². The summed E-state index contributed by atoms with van der Waals surface area (Å²) in [5, 5.41) is 3.19. The molecule has 8 heteroatoms. The van der Waals surface area contributed by atoms with Crippen molar-refractivity contribution in [2.75, 3.05) is 12.9 Å². The SMILES string of the molecule is C=C(C)OC(=O)NC(CCOS(C)(=O)=O)c1ccc(Cl)cc1. The lowest BCUT2D eigenvalue weighted by Crippen LogP contribution is -2.29. The first kappa shape index (κ1) is 18.5. The average molecular weight is 348 g/mol. The highest BCUT2D eigenvalue weighted by molar-refractivity contribution is 7.85. The largest absolute Gasteiger partial charge is 0.416 e. The van der Waals surface area contributed by atoms with Crippen LogP contribution in [0.3, 0.4) is 0 Å². The summed E-state index contributed by atoms with van der Waals surface area (Å²) >= 11 is 5.83. The molecule has 6 nitrogen and oxygen atoms in total. The molecule has 1 rings (SSSR count). The Morgan fingerprint density at radius 1 is 1.36 bits per heavy atom. The summed E-state index contributed by atoms with van der Waals surface area (Å²) < 4.78 is 31.5. The maximum absolute atomic E-state index is 11.7. The second kappa shape index (κ2) is 8.17. The lowest BCUT2D eigenvalue weighted by Gasteiger charge is -2.19. The Balaban J connectivity index is 2.78. The maximum Gasteiger partial charge on any atom is 0.412 e. The van der Waals surface area contributed by atoms with Crippen LogP contribution in [0.25, 0.3) is 0 Å². The summed E-state index contributed by atoms with van der Waals surface area (Å²) in [5.41, 5.74) is 0.750. The number of benzene rings is 1. The van der Waals surface area contributed by atoms with Crippen LogP contribution in [-0.4, -0.2) is 27.4 Å². The molecule has 0 aliphatic heterocycles. The molecular weight excluding hydrogens is 330 g/mol. The Hall–Kier alpha value is -1.57. The molecular formula is C14H18ClNO5S. The van der Waals surface area contributed by atoms with E-state index in [0.717, 1.165) is 11.8 Å². The number of hydrogen-bond acceptors (Lipinski definition) is 5. The zero-order valence-corrected chi connectivity index (χ0v) is 13.9. The van der Waals surface area contributed by atoms with Gasteiger partial charge in [0, 0.05) is 5.02 Å². The predicted octanol–water partition coefficient (Wildman–Crippen LogP) is 3.01. The number of carbonyl (C=O) groups excluding carboxylic acids is 1. The normalized spacial score (nSPS) is 12.5. The van der Waals surface area contributed by atoms with Crippen molar-refractivity contribution >= 4 is 27.8 Å². The minimum atomic E-state index is -3.54. The van der Waals surface area contributed by atoms with E-state index < -0.39 is 22.3 Å². The lowest BCUT2D eigenvalue weighted by atomic mass is 10.0. The van der Waals surface area contributed by atoms with Gasteiger partial charge in [0.05, 0.1) is 24.7 Å². The summed E-state index contributed by atoms with van der Waals surface area (Å²) in [7, 11) is -3.54. The predicted molar refractivity (Wildman–Crippen MR) is 84.0 cm³/mol. The molecule has 0 fully saturated rings. The van der Waals surface area contributed by atoms with E-state index in [2.05, 4.69) is 11.9 Å². The van der Waals surface area contributed by atoms with Gasteiger partial charge in [-0.2, -0.15) is 8.42 Å². The molecule has 0 saturated heterocycles. The summed E-state index contributed by atoms with van der Waals surface area (Å²) in [5.74, 6) is 0.250. The minimum Gasteiger partial charge on any atom is -0.416 e. The van der Waals surface area contributed by atoms with Crippen LogP contribution in [0.1, 0.15) is 24.9 Å². The first-order chi connectivity index (χ1) is 10.2. The third kappa shape index (κ3) is 7.44. The molecule has 0 bridgehead atoms. The molecule has 0 aromatic heterocycles. The van der Waals surface area contributed by atoms with E-state index in [-0.39, 0.29) is 18.8 Å². The van der Waals surface area contributed by atoms with Crippen LogP contribution in [0.15, 0.2) is 36.6 Å². The quantitative estimate of drug-likeness (QED) is 0.605. The third-order valence-corrected chi connectivity index (χ3v) is 3.38. The van der Waals surface area contributed by atoms with E-state index in [1.807, 2.05) is 0 Å². The van der Waals surface area contributed by atoms with E-state index in [9.17, 15) is 13.2 Å². The van der Waals surface area contributed by atoms with Crippen molar-refractivity contribution in [1.82, 2.24) is 5.32 Å². The highest BCUT2D eigenvalue weighted by Crippen LogP contribution is 2.20. The van der Waals surface area contributed by atoms with E-state index in [0.29, 0.717) is 5.02 Å². The summed E-state index contributed by atoms with van der Waals surface area (Å²) in [4.78, 5) is 11.7. The van der Waals surface area contributed by atoms with Crippen molar-refractivity contribution in [1.29, 1.82) is 0 Å². The zero-order valence-electron chi connectivity index (χ0n) is 12.3. The van der Waals surface area contributed by atoms with Gasteiger partial charge in [-0.3, -0.25) is 4.18 Å². The Morgan fingerprint density at radius 3 is 2.45 bits per heavy atom. The second-order valence-corrected chi connectivity index (χ2v) is 6.74. The van der Waals surface area contributed by atoms with E-state index >= 15 is 0 Å². The molecule has 0 aliphatic rings. The topological polar surface area (TPSA) is 81.7 Å². The summed E-state index contributed by atoms with van der Waals surface area (Å²) in [6.07, 6.45) is 0.541. The molecule has 1 unspecified atom stereocenters. The van der Waals surface area contributed by atoms with Crippen molar-refractivity contribution in [3.8, 4) is 0 Å². The lowest BCUT2D eigenvalue weighted by molar-refractivity contribution is 0.170. The molecule has 0 aliphatic carbocycles. The maximum atomic E-state index is 11.7. The number of alkyl carbamates (subject to hydrolysis) is 1. The Labute approximate surface area is 135 Å². The fourth-order valence-corrected chi connectivity index (χ4v) is 2.19. The molecule has 0 heterocycles. The summed E-state index contributed by atoms with van der Waals surface area (Å²) in [6, 6.07) is 6.33. The molecule has 1 aromatic carbocycles. The summed E-state index contributed by atoms with van der Waals surface area (Å²) in [6.45, 7) is 4.95. The fraction of sp³-hybridized carbons (Fsp3) is 0.357. The smallest absolute Gasteiger partial charge is 0.412 e. The monoisotopic (exact) mass is 347 g/mol. The number of nitrogens with one attached hydrogen (secondary N) is 1. The second-order valence-electron chi connectivity index (χ2n) is 4.65. The van der Waals surface area contributed by atoms with Gasteiger partial charge >= 0.3 is 6.09 Å². The number of amides is 1. The molecule has 0 spiro atoms. The van der Waals surface area contributed by atoms with Crippen LogP contribution < -0.4 is 5.32 Å². The van der Waals surface area contributed by atoms with Gasteiger partial charge in [-0.1, -0.05) is 30.3 Å². The third-order valence-electron chi connectivity index (χ3n) is 2.54. The van der Waals surface area contributed by atoms with Crippen molar-refractivity contribution in [3.05, 3.63) is 47.2 Å². The number of hydrogen-bond donors (Lipinski definition) is 1. The molecule has 0 saturated carbocycles. The molecule has 1 amide bonds. The van der Waals surface area contributed by atoms with Crippen LogP contribution in [0.5, 0.6) is 0 Å². The van der Waals surface area contributed by atoms with Crippen molar-refractivity contribution in [3.63, 3.8) is 0 Å². The van der Waals surface area contributed by atoms with Crippen LogP contribution in [0.4, 0.5) is 4.79 Å². The van der Waals surface area contributed by atoms with Crippen LogP contribution in [0.2, 0.25) is 5.02 Å². The minimum absolute atomic E-state index is 0.0700. The van der Waals surface area contributed by atoms with Crippen molar-refractivity contribution < 1.29 is 22.1 Å². The van der Waals surface area contributed by atoms with Crippen molar-refractivity contribution in [2.45, 2.75) is 19.4 Å². The highest BCUT2D eigenvalue weighted by atomic mass is 35.5. The van der Waals surface area contributed by atoms with E-state index in [4.69, 9.17) is 20.5 Å². The zero-order chi connectivity index (χ0) is 16.8. The van der Waals surface area contributed by atoms with Gasteiger partial charge in [-0.15, -0.1) is 0 Å². The first-order valence-corrected chi connectivity index (χ1v) is 8.60. The number of carbonyl (C=O) groups is 1. The molecule has 122 valence electrons. The van der Waals surface area contributed by atoms with Crippen LogP contribution in [-0.2, 0) is 19.0 Å². The van der Waals surface area contributed by atoms with Crippen LogP contribution in [0, 0.1) is 0 Å². The Morgan fingerprint density at radius 2 is 1.95 bits per heavy atom. The van der Waals surface area contributed by atoms with Gasteiger partial charge in [-0.05, 0) is 31.0 Å². The van der Waals surface area contributed by atoms with E-state index in [1.54, 1.807) is 31.2 Å². The average Bonchev–Trinajstić information content (AvgIpc) is 2.36. The van der Waals surface area contributed by atoms with Crippen LogP contribution >= 0.6 is 11.6 Å². The standard InChI is InChI=1S/C14H18ClNO5S/c1-10(2)21-14(17)16-13(8-9-20-22(3,18)19)11-4-6-12(15)7-5-11/h4-7,13H,1,8-9H2,2-3H3,(H,16,17). The number of ether oxygens (including phenoxy) is 1. The highest BCUT2D eigenvalue weighted by Gasteiger charge is 2.17. The molecule has 1 N–H and O–H groups in total. The number of allylic oxidation sites excluding steroid dienone is 1. The Kier molecular flexibility index (Phi) is 6.86. The van der Waals surface area contributed by atoms with E-state index in [1.165, 1.54) is 0 Å². The van der Waals surface area contributed by atoms with Gasteiger partial charge in [0.1, 0.15) is 0 Å². The van der Waals surface area contributed by atoms with Gasteiger partial charge < -0.3 is 10.1 Å². The number of halogens is 1. The fourth-order valence-electron chi connectivity index (χ4n) is 1.66. The molecule has 1 atom stereocenters. The molecule has 0 radical (unpaired) electrons. The van der Waals surface area contributed by atoms with Gasteiger partial charge in [-0.25, -0.2) is 4.79 Å². The van der Waals surface area contributed by atoms with Gasteiger partial charge in [0.15, 0.2) is 0 Å².